The average Bonchev–Trinajstić information content (AvgIpc) is 2.66. The molecule has 1 saturated heterocycles. The van der Waals surface area contributed by atoms with E-state index >= 15 is 0 Å². The van der Waals surface area contributed by atoms with Crippen molar-refractivity contribution in [3.05, 3.63) is 29.8 Å². The summed E-state index contributed by atoms with van der Waals surface area (Å²) < 4.78 is 16.0. The van der Waals surface area contributed by atoms with Crippen LogP contribution in [0.3, 0.4) is 0 Å². The van der Waals surface area contributed by atoms with Gasteiger partial charge in [0.25, 0.3) is 0 Å². The number of carbonyl (C=O) groups excluding carboxylic acids is 2. The van der Waals surface area contributed by atoms with E-state index in [1.165, 1.54) is 6.08 Å². The number of piperazine rings is 1. The lowest BCUT2D eigenvalue weighted by atomic mass is 10.1. The molecule has 1 fully saturated rings. The number of rotatable bonds is 6. The predicted octanol–water partition coefficient (Wildman–Crippen LogP) is 2.80. The summed E-state index contributed by atoms with van der Waals surface area (Å²) in [5, 5.41) is 0. The highest BCUT2D eigenvalue weighted by atomic mass is 16.6. The molecule has 2 amide bonds. The fraction of sp³-hybridized carbons (Fsp3) is 0.500. The van der Waals surface area contributed by atoms with E-state index in [0.29, 0.717) is 44.3 Å². The molecule has 0 spiro atoms. The minimum Gasteiger partial charge on any atom is -0.493 e. The highest BCUT2D eigenvalue weighted by molar-refractivity contribution is 5.92. The molecule has 0 N–H and O–H groups in total. The second kappa shape index (κ2) is 9.85. The molecule has 7 heteroatoms. The second-order valence-corrected chi connectivity index (χ2v) is 6.42. The molecule has 0 radical (unpaired) electrons. The summed E-state index contributed by atoms with van der Waals surface area (Å²) in [6, 6.07) is 5.55. The van der Waals surface area contributed by atoms with E-state index in [1.54, 1.807) is 29.9 Å². The number of nitrogens with zero attached hydrogens (tertiary/aromatic N) is 2. The van der Waals surface area contributed by atoms with Gasteiger partial charge in [0.15, 0.2) is 11.5 Å². The van der Waals surface area contributed by atoms with Crippen LogP contribution in [0.5, 0.6) is 11.5 Å². The molecule has 1 aliphatic rings. The van der Waals surface area contributed by atoms with Gasteiger partial charge in [-0.25, -0.2) is 4.79 Å². The first-order valence-corrected chi connectivity index (χ1v) is 9.18. The Hall–Kier alpha value is -2.70. The molecule has 7 nitrogen and oxygen atoms in total. The third kappa shape index (κ3) is 5.91. The van der Waals surface area contributed by atoms with Gasteiger partial charge in [0.2, 0.25) is 5.91 Å². The normalized spacial score (nSPS) is 14.6. The second-order valence-electron chi connectivity index (χ2n) is 6.42. The zero-order valence-corrected chi connectivity index (χ0v) is 16.4. The average molecular weight is 376 g/mol. The van der Waals surface area contributed by atoms with Gasteiger partial charge < -0.3 is 24.0 Å². The molecule has 1 aromatic carbocycles. The zero-order chi connectivity index (χ0) is 19.8. The van der Waals surface area contributed by atoms with E-state index in [1.807, 2.05) is 32.0 Å². The van der Waals surface area contributed by atoms with Crippen molar-refractivity contribution in [3.8, 4) is 11.5 Å². The fourth-order valence-corrected chi connectivity index (χ4v) is 2.74. The lowest BCUT2D eigenvalue weighted by Crippen LogP contribution is -2.50. The summed E-state index contributed by atoms with van der Waals surface area (Å²) in [5.74, 6) is 1.22. The molecule has 148 valence electrons. The van der Waals surface area contributed by atoms with Crippen LogP contribution in [0, 0.1) is 0 Å². The molecule has 0 aliphatic carbocycles. The highest BCUT2D eigenvalue weighted by Crippen LogP contribution is 2.29. The maximum absolute atomic E-state index is 12.4. The lowest BCUT2D eigenvalue weighted by molar-refractivity contribution is -0.127. The zero-order valence-electron chi connectivity index (χ0n) is 16.4. The van der Waals surface area contributed by atoms with E-state index in [2.05, 4.69) is 0 Å². The molecule has 0 saturated carbocycles. The van der Waals surface area contributed by atoms with Crippen LogP contribution in [0.15, 0.2) is 24.3 Å². The van der Waals surface area contributed by atoms with Crippen LogP contribution in [0.1, 0.15) is 26.3 Å². The Balaban J connectivity index is 1.94. The molecular formula is C20H28N2O5. The van der Waals surface area contributed by atoms with Crippen molar-refractivity contribution in [2.24, 2.45) is 0 Å². The van der Waals surface area contributed by atoms with Crippen molar-refractivity contribution >= 4 is 18.1 Å². The highest BCUT2D eigenvalue weighted by Gasteiger charge is 2.23. The van der Waals surface area contributed by atoms with Gasteiger partial charge in [-0.2, -0.15) is 0 Å². The number of benzene rings is 1. The van der Waals surface area contributed by atoms with Crippen LogP contribution in [-0.4, -0.2) is 67.8 Å². The van der Waals surface area contributed by atoms with Gasteiger partial charge in [-0.15, -0.1) is 0 Å². The quantitative estimate of drug-likeness (QED) is 0.714. The standard InChI is InChI=1S/C20H28N2O5/c1-5-26-20(24)22-12-10-21(11-13-22)19(23)9-7-16-6-8-17(27-15(2)3)18(14-16)25-4/h6-9,14-15H,5,10-13H2,1-4H3/b9-7+. The van der Waals surface area contributed by atoms with Gasteiger partial charge in [0, 0.05) is 32.3 Å². The summed E-state index contributed by atoms with van der Waals surface area (Å²) in [6.45, 7) is 7.98. The van der Waals surface area contributed by atoms with Crippen molar-refractivity contribution in [2.45, 2.75) is 26.9 Å². The molecule has 0 atom stereocenters. The maximum Gasteiger partial charge on any atom is 0.409 e. The van der Waals surface area contributed by atoms with Gasteiger partial charge in [-0.1, -0.05) is 6.07 Å². The summed E-state index contributed by atoms with van der Waals surface area (Å²) >= 11 is 0. The molecule has 0 aromatic heterocycles. The van der Waals surface area contributed by atoms with Gasteiger partial charge >= 0.3 is 6.09 Å². The Kier molecular flexibility index (Phi) is 7.52. The summed E-state index contributed by atoms with van der Waals surface area (Å²) in [6.07, 6.45) is 3.02. The number of ether oxygens (including phenoxy) is 3. The largest absolute Gasteiger partial charge is 0.493 e. The Morgan fingerprint density at radius 2 is 1.78 bits per heavy atom. The van der Waals surface area contributed by atoms with Crippen molar-refractivity contribution in [1.29, 1.82) is 0 Å². The maximum atomic E-state index is 12.4. The Labute approximate surface area is 160 Å². The minimum atomic E-state index is -0.323. The van der Waals surface area contributed by atoms with E-state index < -0.39 is 0 Å². The molecule has 1 aliphatic heterocycles. The van der Waals surface area contributed by atoms with Crippen LogP contribution < -0.4 is 9.47 Å². The van der Waals surface area contributed by atoms with Crippen molar-refractivity contribution in [3.63, 3.8) is 0 Å². The topological polar surface area (TPSA) is 68.3 Å². The van der Waals surface area contributed by atoms with Crippen LogP contribution in [0.25, 0.3) is 6.08 Å². The van der Waals surface area contributed by atoms with Crippen LogP contribution in [-0.2, 0) is 9.53 Å². The van der Waals surface area contributed by atoms with Crippen molar-refractivity contribution in [2.75, 3.05) is 39.9 Å². The molecule has 0 bridgehead atoms. The first kappa shape index (κ1) is 20.6. The molecule has 1 aromatic rings. The summed E-state index contributed by atoms with van der Waals surface area (Å²) in [4.78, 5) is 27.4. The molecule has 0 unspecified atom stereocenters. The van der Waals surface area contributed by atoms with Gasteiger partial charge in [-0.05, 0) is 44.5 Å². The van der Waals surface area contributed by atoms with Crippen molar-refractivity contribution < 1.29 is 23.8 Å². The van der Waals surface area contributed by atoms with Crippen LogP contribution >= 0.6 is 0 Å². The Bertz CT molecular complexity index is 679. The van der Waals surface area contributed by atoms with E-state index in [-0.39, 0.29) is 18.1 Å². The number of carbonyl (C=O) groups is 2. The third-order valence-corrected chi connectivity index (χ3v) is 4.09. The monoisotopic (exact) mass is 376 g/mol. The number of methoxy groups -OCH3 is 1. The number of hydrogen-bond acceptors (Lipinski definition) is 5. The fourth-order valence-electron chi connectivity index (χ4n) is 2.74. The SMILES string of the molecule is CCOC(=O)N1CCN(C(=O)/C=C/c2ccc(OC(C)C)c(OC)c2)CC1. The first-order valence-electron chi connectivity index (χ1n) is 9.18. The van der Waals surface area contributed by atoms with Crippen LogP contribution in [0.4, 0.5) is 4.79 Å². The first-order chi connectivity index (χ1) is 12.9. The summed E-state index contributed by atoms with van der Waals surface area (Å²) in [5.41, 5.74) is 0.849. The van der Waals surface area contributed by atoms with Gasteiger partial charge in [0.1, 0.15) is 0 Å². The van der Waals surface area contributed by atoms with E-state index in [0.717, 1.165) is 5.56 Å². The molecule has 2 rings (SSSR count). The Morgan fingerprint density at radius 3 is 2.37 bits per heavy atom. The Morgan fingerprint density at radius 1 is 1.11 bits per heavy atom. The van der Waals surface area contributed by atoms with Gasteiger partial charge in [-0.3, -0.25) is 4.79 Å². The minimum absolute atomic E-state index is 0.0511. The lowest BCUT2D eigenvalue weighted by Gasteiger charge is -2.33. The predicted molar refractivity (Wildman–Crippen MR) is 103 cm³/mol. The molecular weight excluding hydrogens is 348 g/mol. The third-order valence-electron chi connectivity index (χ3n) is 4.09. The molecule has 1 heterocycles. The van der Waals surface area contributed by atoms with E-state index in [4.69, 9.17) is 14.2 Å². The van der Waals surface area contributed by atoms with Gasteiger partial charge in [0.05, 0.1) is 19.8 Å². The van der Waals surface area contributed by atoms with Crippen molar-refractivity contribution in [1.82, 2.24) is 9.80 Å². The van der Waals surface area contributed by atoms with E-state index in [9.17, 15) is 9.59 Å². The number of hydrogen-bond donors (Lipinski definition) is 0. The smallest absolute Gasteiger partial charge is 0.409 e. The molecule has 27 heavy (non-hydrogen) atoms. The van der Waals surface area contributed by atoms with Crippen LogP contribution in [0.2, 0.25) is 0 Å². The summed E-state index contributed by atoms with van der Waals surface area (Å²) in [7, 11) is 1.59. The number of amides is 2.